The fourth-order valence-electron chi connectivity index (χ4n) is 2.64. The van der Waals surface area contributed by atoms with E-state index in [4.69, 9.17) is 9.84 Å². The Morgan fingerprint density at radius 1 is 1.36 bits per heavy atom. The van der Waals surface area contributed by atoms with E-state index in [2.05, 4.69) is 5.32 Å². The molecule has 1 heterocycles. The largest absolute Gasteiger partial charge is 0.496 e. The number of piperazine rings is 1. The predicted molar refractivity (Wildman–Crippen MR) is 79.4 cm³/mol. The van der Waals surface area contributed by atoms with Crippen molar-refractivity contribution in [2.45, 2.75) is 12.0 Å². The van der Waals surface area contributed by atoms with Crippen LogP contribution in [-0.2, 0) is 0 Å². The first kappa shape index (κ1) is 19.0. The lowest BCUT2D eigenvalue weighted by Gasteiger charge is -2.39. The van der Waals surface area contributed by atoms with E-state index >= 15 is 0 Å². The van der Waals surface area contributed by atoms with E-state index in [0.717, 1.165) is 12.1 Å². The molecule has 0 spiro atoms. The summed E-state index contributed by atoms with van der Waals surface area (Å²) in [6.07, 6.45) is 0. The summed E-state index contributed by atoms with van der Waals surface area (Å²) in [5.41, 5.74) is 0.0541. The van der Waals surface area contributed by atoms with Crippen LogP contribution in [0.1, 0.15) is 11.6 Å². The molecule has 22 heavy (non-hydrogen) atoms. The van der Waals surface area contributed by atoms with Crippen molar-refractivity contribution in [3.8, 4) is 5.75 Å². The Balaban J connectivity index is 0.00000242. The van der Waals surface area contributed by atoms with Crippen molar-refractivity contribution in [1.29, 1.82) is 0 Å². The number of hydrogen-bond donors (Lipinski definition) is 2. The standard InChI is InChI=1S/C14H19F3N2O2.ClH/c1-21-12-3-2-10(15)8-11(12)13(14(16,17)9-20)19-6-4-18-5-7-19;/h2-3,8,13,18,20H,4-7,9H2,1H3;1H/t13-;/m1./s1. The Kier molecular flexibility index (Phi) is 6.93. The van der Waals surface area contributed by atoms with Crippen molar-refractivity contribution in [3.63, 3.8) is 0 Å². The van der Waals surface area contributed by atoms with Gasteiger partial charge in [0.25, 0.3) is 5.92 Å². The summed E-state index contributed by atoms with van der Waals surface area (Å²) in [6, 6.07) is 2.12. The highest BCUT2D eigenvalue weighted by atomic mass is 35.5. The van der Waals surface area contributed by atoms with Crippen LogP contribution in [0, 0.1) is 5.82 Å². The monoisotopic (exact) mass is 340 g/mol. The molecule has 0 bridgehead atoms. The highest BCUT2D eigenvalue weighted by molar-refractivity contribution is 5.85. The van der Waals surface area contributed by atoms with Crippen LogP contribution in [0.5, 0.6) is 5.75 Å². The molecule has 1 aliphatic rings. The van der Waals surface area contributed by atoms with Gasteiger partial charge in [-0.05, 0) is 18.2 Å². The molecule has 8 heteroatoms. The van der Waals surface area contributed by atoms with Crippen molar-refractivity contribution < 1.29 is 23.0 Å². The SMILES string of the molecule is COc1ccc(F)cc1[C@@H](N1CCNCC1)C(F)(F)CO.Cl. The molecular weight excluding hydrogens is 321 g/mol. The molecule has 0 amide bonds. The van der Waals surface area contributed by atoms with Crippen LogP contribution in [0.3, 0.4) is 0 Å². The topological polar surface area (TPSA) is 44.7 Å². The average molecular weight is 341 g/mol. The highest BCUT2D eigenvalue weighted by Gasteiger charge is 2.45. The second kappa shape index (κ2) is 8.01. The number of hydrogen-bond acceptors (Lipinski definition) is 4. The first-order valence-electron chi connectivity index (χ1n) is 6.76. The summed E-state index contributed by atoms with van der Waals surface area (Å²) in [6.45, 7) is 0.604. The molecule has 1 aliphatic heterocycles. The average Bonchev–Trinajstić information content (AvgIpc) is 2.48. The Labute approximate surface area is 133 Å². The number of nitrogens with one attached hydrogen (secondary N) is 1. The lowest BCUT2D eigenvalue weighted by atomic mass is 9.97. The third kappa shape index (κ3) is 4.04. The fourth-order valence-corrected chi connectivity index (χ4v) is 2.64. The molecule has 0 unspecified atom stereocenters. The van der Waals surface area contributed by atoms with Gasteiger partial charge < -0.3 is 15.2 Å². The Morgan fingerprint density at radius 3 is 2.55 bits per heavy atom. The molecule has 1 fully saturated rings. The minimum atomic E-state index is -3.39. The molecule has 1 aromatic carbocycles. The van der Waals surface area contributed by atoms with E-state index < -0.39 is 24.4 Å². The summed E-state index contributed by atoms with van der Waals surface area (Å²) < 4.78 is 47.1. The van der Waals surface area contributed by atoms with Crippen LogP contribution >= 0.6 is 12.4 Å². The second-order valence-corrected chi connectivity index (χ2v) is 4.99. The zero-order valence-corrected chi connectivity index (χ0v) is 13.0. The maximum atomic E-state index is 14.2. The molecule has 4 nitrogen and oxygen atoms in total. The van der Waals surface area contributed by atoms with Crippen LogP contribution in [0.4, 0.5) is 13.2 Å². The lowest BCUT2D eigenvalue weighted by molar-refractivity contribution is -0.119. The number of halogens is 4. The normalized spacial score (nSPS) is 17.7. The van der Waals surface area contributed by atoms with Gasteiger partial charge >= 0.3 is 0 Å². The van der Waals surface area contributed by atoms with Crippen LogP contribution < -0.4 is 10.1 Å². The number of aliphatic hydroxyl groups is 1. The van der Waals surface area contributed by atoms with Gasteiger partial charge in [-0.1, -0.05) is 0 Å². The summed E-state index contributed by atoms with van der Waals surface area (Å²) in [4.78, 5) is 1.55. The smallest absolute Gasteiger partial charge is 0.290 e. The van der Waals surface area contributed by atoms with Crippen LogP contribution in [0.25, 0.3) is 0 Å². The summed E-state index contributed by atoms with van der Waals surface area (Å²) in [5, 5.41) is 12.1. The molecule has 1 saturated heterocycles. The maximum absolute atomic E-state index is 14.2. The minimum Gasteiger partial charge on any atom is -0.496 e. The van der Waals surface area contributed by atoms with Gasteiger partial charge in [0.15, 0.2) is 0 Å². The maximum Gasteiger partial charge on any atom is 0.290 e. The third-order valence-electron chi connectivity index (χ3n) is 3.61. The summed E-state index contributed by atoms with van der Waals surface area (Å²) in [7, 11) is 1.35. The van der Waals surface area contributed by atoms with Crippen molar-refractivity contribution in [1.82, 2.24) is 10.2 Å². The van der Waals surface area contributed by atoms with E-state index in [1.54, 1.807) is 4.90 Å². The van der Waals surface area contributed by atoms with Gasteiger partial charge in [-0.25, -0.2) is 13.2 Å². The molecule has 0 aliphatic carbocycles. The number of nitrogens with zero attached hydrogens (tertiary/aromatic N) is 1. The summed E-state index contributed by atoms with van der Waals surface area (Å²) >= 11 is 0. The van der Waals surface area contributed by atoms with Crippen LogP contribution in [-0.4, -0.2) is 55.8 Å². The van der Waals surface area contributed by atoms with E-state index in [0.29, 0.717) is 26.2 Å². The van der Waals surface area contributed by atoms with E-state index in [1.807, 2.05) is 0 Å². The van der Waals surface area contributed by atoms with Crippen LogP contribution in [0.15, 0.2) is 18.2 Å². The Bertz CT molecular complexity index is 485. The number of rotatable bonds is 5. The van der Waals surface area contributed by atoms with Gasteiger partial charge in [0, 0.05) is 31.7 Å². The first-order valence-corrected chi connectivity index (χ1v) is 6.76. The van der Waals surface area contributed by atoms with Gasteiger partial charge in [-0.3, -0.25) is 4.90 Å². The molecular formula is C14H20ClF3N2O2. The lowest BCUT2D eigenvalue weighted by Crippen LogP contribution is -2.51. The molecule has 0 radical (unpaired) electrons. The molecule has 126 valence electrons. The van der Waals surface area contributed by atoms with Crippen molar-refractivity contribution in [3.05, 3.63) is 29.6 Å². The molecule has 0 saturated carbocycles. The second-order valence-electron chi connectivity index (χ2n) is 4.99. The molecule has 2 rings (SSSR count). The van der Waals surface area contributed by atoms with Crippen molar-refractivity contribution in [2.24, 2.45) is 0 Å². The van der Waals surface area contributed by atoms with Gasteiger partial charge in [0.05, 0.1) is 7.11 Å². The number of ether oxygens (including phenoxy) is 1. The molecule has 2 N–H and O–H groups in total. The zero-order valence-electron chi connectivity index (χ0n) is 12.2. The number of alkyl halides is 2. The minimum absolute atomic E-state index is 0. The zero-order chi connectivity index (χ0) is 15.5. The highest BCUT2D eigenvalue weighted by Crippen LogP contribution is 2.40. The van der Waals surface area contributed by atoms with Gasteiger partial charge in [0.2, 0.25) is 0 Å². The van der Waals surface area contributed by atoms with Gasteiger partial charge in [0.1, 0.15) is 24.2 Å². The molecule has 1 aromatic rings. The molecule has 0 aromatic heterocycles. The number of methoxy groups -OCH3 is 1. The van der Waals surface area contributed by atoms with E-state index in [1.165, 1.54) is 13.2 Å². The Hall–Kier alpha value is -1.02. The van der Waals surface area contributed by atoms with Crippen molar-refractivity contribution >= 4 is 12.4 Å². The molecule has 1 atom stereocenters. The van der Waals surface area contributed by atoms with Crippen LogP contribution in [0.2, 0.25) is 0 Å². The predicted octanol–water partition coefficient (Wildman–Crippen LogP) is 1.83. The quantitative estimate of drug-likeness (QED) is 0.858. The van der Waals surface area contributed by atoms with Gasteiger partial charge in [-0.2, -0.15) is 0 Å². The number of benzene rings is 1. The number of aliphatic hydroxyl groups excluding tert-OH is 1. The van der Waals surface area contributed by atoms with E-state index in [-0.39, 0.29) is 23.7 Å². The third-order valence-corrected chi connectivity index (χ3v) is 3.61. The Morgan fingerprint density at radius 2 is 2.00 bits per heavy atom. The van der Waals surface area contributed by atoms with E-state index in [9.17, 15) is 13.2 Å². The fraction of sp³-hybridized carbons (Fsp3) is 0.571. The summed E-state index contributed by atoms with van der Waals surface area (Å²) in [5.74, 6) is -3.81. The van der Waals surface area contributed by atoms with Gasteiger partial charge in [-0.15, -0.1) is 12.4 Å². The first-order chi connectivity index (χ1) is 9.99. The van der Waals surface area contributed by atoms with Crippen molar-refractivity contribution in [2.75, 3.05) is 39.9 Å².